The molecule has 22 heavy (non-hydrogen) atoms. The molecule has 0 fully saturated rings. The molecule has 1 aromatic heterocycles. The van der Waals surface area contributed by atoms with Crippen LogP contribution in [0.2, 0.25) is 0 Å². The van der Waals surface area contributed by atoms with Crippen LogP contribution in [0.4, 0.5) is 17.5 Å². The molecule has 0 aliphatic heterocycles. The molecule has 1 heterocycles. The largest absolute Gasteiger partial charge is 0.353 e. The standard InChI is InChI=1S/C17H25N5/c1-5-22(15-8-6-7-14(2)13-15)16-9-10-18-17(20-16)19-11-12-21(3)4/h6-10,13H,5,11-12H2,1-4H3,(H,18,19,20). The van der Waals surface area contributed by atoms with Crippen molar-refractivity contribution in [3.05, 3.63) is 42.1 Å². The Kier molecular flexibility index (Phi) is 5.72. The van der Waals surface area contributed by atoms with Gasteiger partial charge in [-0.3, -0.25) is 0 Å². The molecular formula is C17H25N5. The third-order valence-corrected chi connectivity index (χ3v) is 3.39. The molecule has 5 nitrogen and oxygen atoms in total. The van der Waals surface area contributed by atoms with E-state index in [2.05, 4.69) is 77.3 Å². The first-order chi connectivity index (χ1) is 10.6. The van der Waals surface area contributed by atoms with Crippen molar-refractivity contribution in [2.75, 3.05) is 43.9 Å². The maximum Gasteiger partial charge on any atom is 0.224 e. The lowest BCUT2D eigenvalue weighted by Gasteiger charge is -2.23. The molecule has 2 rings (SSSR count). The van der Waals surface area contributed by atoms with E-state index in [0.717, 1.165) is 31.1 Å². The number of aromatic nitrogens is 2. The fourth-order valence-corrected chi connectivity index (χ4v) is 2.25. The normalized spacial score (nSPS) is 10.8. The predicted molar refractivity (Wildman–Crippen MR) is 92.9 cm³/mol. The fraction of sp³-hybridized carbons (Fsp3) is 0.412. The van der Waals surface area contributed by atoms with Gasteiger partial charge in [0.05, 0.1) is 0 Å². The Bertz CT molecular complexity index is 597. The van der Waals surface area contributed by atoms with E-state index in [0.29, 0.717) is 5.95 Å². The average molecular weight is 299 g/mol. The molecule has 5 heteroatoms. The second-order valence-corrected chi connectivity index (χ2v) is 5.55. The molecule has 0 aliphatic carbocycles. The third-order valence-electron chi connectivity index (χ3n) is 3.39. The molecule has 0 amide bonds. The summed E-state index contributed by atoms with van der Waals surface area (Å²) in [7, 11) is 4.10. The van der Waals surface area contributed by atoms with Crippen molar-refractivity contribution in [1.82, 2.24) is 14.9 Å². The second-order valence-electron chi connectivity index (χ2n) is 5.55. The molecular weight excluding hydrogens is 274 g/mol. The molecule has 0 bridgehead atoms. The van der Waals surface area contributed by atoms with Gasteiger partial charge in [0.1, 0.15) is 5.82 Å². The van der Waals surface area contributed by atoms with E-state index < -0.39 is 0 Å². The zero-order valence-electron chi connectivity index (χ0n) is 13.9. The summed E-state index contributed by atoms with van der Waals surface area (Å²) < 4.78 is 0. The van der Waals surface area contributed by atoms with Gasteiger partial charge in [-0.1, -0.05) is 12.1 Å². The van der Waals surface area contributed by atoms with Crippen molar-refractivity contribution in [3.63, 3.8) is 0 Å². The molecule has 1 aromatic carbocycles. The van der Waals surface area contributed by atoms with Gasteiger partial charge in [0, 0.05) is 31.5 Å². The van der Waals surface area contributed by atoms with Crippen molar-refractivity contribution < 1.29 is 0 Å². The van der Waals surface area contributed by atoms with E-state index in [4.69, 9.17) is 0 Å². The van der Waals surface area contributed by atoms with Crippen LogP contribution in [0.1, 0.15) is 12.5 Å². The van der Waals surface area contributed by atoms with Gasteiger partial charge in [0.25, 0.3) is 0 Å². The highest BCUT2D eigenvalue weighted by molar-refractivity contribution is 5.61. The van der Waals surface area contributed by atoms with Gasteiger partial charge in [-0.05, 0) is 51.7 Å². The first kappa shape index (κ1) is 16.2. The van der Waals surface area contributed by atoms with Gasteiger partial charge in [0.2, 0.25) is 5.95 Å². The lowest BCUT2D eigenvalue weighted by molar-refractivity contribution is 0.425. The summed E-state index contributed by atoms with van der Waals surface area (Å²) in [5.41, 5.74) is 2.40. The Balaban J connectivity index is 2.15. The summed E-state index contributed by atoms with van der Waals surface area (Å²) in [5, 5.41) is 3.27. The van der Waals surface area contributed by atoms with E-state index in [9.17, 15) is 0 Å². The van der Waals surface area contributed by atoms with Crippen LogP contribution in [0.3, 0.4) is 0 Å². The SMILES string of the molecule is CCN(c1cccc(C)c1)c1ccnc(NCCN(C)C)n1. The van der Waals surface area contributed by atoms with Crippen LogP contribution in [0.5, 0.6) is 0 Å². The number of nitrogens with one attached hydrogen (secondary N) is 1. The summed E-state index contributed by atoms with van der Waals surface area (Å²) >= 11 is 0. The minimum atomic E-state index is 0.672. The molecule has 0 spiro atoms. The number of likely N-dealkylation sites (N-methyl/N-ethyl adjacent to an activating group) is 1. The third kappa shape index (κ3) is 4.43. The van der Waals surface area contributed by atoms with Gasteiger partial charge in [-0.2, -0.15) is 4.98 Å². The Morgan fingerprint density at radius 2 is 2.00 bits per heavy atom. The highest BCUT2D eigenvalue weighted by Crippen LogP contribution is 2.24. The van der Waals surface area contributed by atoms with Gasteiger partial charge in [-0.15, -0.1) is 0 Å². The van der Waals surface area contributed by atoms with Crippen LogP contribution in [-0.4, -0.2) is 48.6 Å². The Labute approximate surface area is 133 Å². The minimum Gasteiger partial charge on any atom is -0.353 e. The van der Waals surface area contributed by atoms with Crippen LogP contribution in [0.25, 0.3) is 0 Å². The summed E-state index contributed by atoms with van der Waals surface area (Å²) in [6, 6.07) is 10.4. The van der Waals surface area contributed by atoms with Crippen LogP contribution in [0, 0.1) is 6.92 Å². The summed E-state index contributed by atoms with van der Waals surface area (Å²) in [6.07, 6.45) is 1.80. The highest BCUT2D eigenvalue weighted by Gasteiger charge is 2.10. The number of anilines is 3. The molecule has 0 saturated carbocycles. The number of rotatable bonds is 7. The van der Waals surface area contributed by atoms with Crippen molar-refractivity contribution in [1.29, 1.82) is 0 Å². The molecule has 2 aromatic rings. The zero-order valence-corrected chi connectivity index (χ0v) is 13.9. The molecule has 1 N–H and O–H groups in total. The lowest BCUT2D eigenvalue weighted by atomic mass is 10.2. The topological polar surface area (TPSA) is 44.3 Å². The summed E-state index contributed by atoms with van der Waals surface area (Å²) in [5.74, 6) is 1.58. The molecule has 0 atom stereocenters. The molecule has 0 radical (unpaired) electrons. The summed E-state index contributed by atoms with van der Waals surface area (Å²) in [6.45, 7) is 6.86. The quantitative estimate of drug-likeness (QED) is 0.851. The van der Waals surface area contributed by atoms with Crippen molar-refractivity contribution in [3.8, 4) is 0 Å². The van der Waals surface area contributed by atoms with Gasteiger partial charge >= 0.3 is 0 Å². The van der Waals surface area contributed by atoms with E-state index in [1.54, 1.807) is 6.20 Å². The number of hydrogen-bond acceptors (Lipinski definition) is 5. The highest BCUT2D eigenvalue weighted by atomic mass is 15.2. The lowest BCUT2D eigenvalue weighted by Crippen LogP contribution is -2.22. The van der Waals surface area contributed by atoms with Crippen LogP contribution >= 0.6 is 0 Å². The summed E-state index contributed by atoms with van der Waals surface area (Å²) in [4.78, 5) is 13.2. The van der Waals surface area contributed by atoms with E-state index >= 15 is 0 Å². The van der Waals surface area contributed by atoms with E-state index in [-0.39, 0.29) is 0 Å². The Morgan fingerprint density at radius 1 is 1.18 bits per heavy atom. The van der Waals surface area contributed by atoms with Crippen molar-refractivity contribution in [2.24, 2.45) is 0 Å². The zero-order chi connectivity index (χ0) is 15.9. The first-order valence-corrected chi connectivity index (χ1v) is 7.66. The maximum absolute atomic E-state index is 4.63. The maximum atomic E-state index is 4.63. The molecule has 0 unspecified atom stereocenters. The monoisotopic (exact) mass is 299 g/mol. The number of hydrogen-bond donors (Lipinski definition) is 1. The van der Waals surface area contributed by atoms with Crippen molar-refractivity contribution >= 4 is 17.5 Å². The van der Waals surface area contributed by atoms with Crippen LogP contribution < -0.4 is 10.2 Å². The van der Waals surface area contributed by atoms with E-state index in [1.165, 1.54) is 5.56 Å². The molecule has 118 valence electrons. The van der Waals surface area contributed by atoms with Crippen LogP contribution in [0.15, 0.2) is 36.5 Å². The van der Waals surface area contributed by atoms with Crippen molar-refractivity contribution in [2.45, 2.75) is 13.8 Å². The number of nitrogens with zero attached hydrogens (tertiary/aromatic N) is 4. The van der Waals surface area contributed by atoms with Gasteiger partial charge in [0.15, 0.2) is 0 Å². The smallest absolute Gasteiger partial charge is 0.224 e. The van der Waals surface area contributed by atoms with Gasteiger partial charge < -0.3 is 15.1 Å². The molecule has 0 saturated heterocycles. The second kappa shape index (κ2) is 7.75. The molecule has 0 aliphatic rings. The Morgan fingerprint density at radius 3 is 2.68 bits per heavy atom. The first-order valence-electron chi connectivity index (χ1n) is 7.66. The number of benzene rings is 1. The number of aryl methyl sites for hydroxylation is 1. The predicted octanol–water partition coefficient (Wildman–Crippen LogP) is 2.92. The van der Waals surface area contributed by atoms with Gasteiger partial charge in [-0.25, -0.2) is 4.98 Å². The Hall–Kier alpha value is -2.14. The average Bonchev–Trinajstić information content (AvgIpc) is 2.48. The van der Waals surface area contributed by atoms with E-state index in [1.807, 2.05) is 6.07 Å². The van der Waals surface area contributed by atoms with Crippen LogP contribution in [-0.2, 0) is 0 Å². The fourth-order valence-electron chi connectivity index (χ4n) is 2.25. The minimum absolute atomic E-state index is 0.672.